The lowest BCUT2D eigenvalue weighted by molar-refractivity contribution is 0.0934. The Morgan fingerprint density at radius 3 is 2.60 bits per heavy atom. The van der Waals surface area contributed by atoms with Gasteiger partial charge in [0.2, 0.25) is 0 Å². The minimum absolute atomic E-state index is 0.0462. The van der Waals surface area contributed by atoms with E-state index in [0.717, 1.165) is 21.5 Å². The van der Waals surface area contributed by atoms with Crippen molar-refractivity contribution in [3.05, 3.63) is 52.3 Å². The Labute approximate surface area is 150 Å². The summed E-state index contributed by atoms with van der Waals surface area (Å²) in [6, 6.07) is 8.43. The molecule has 3 aromatic rings. The van der Waals surface area contributed by atoms with Crippen LogP contribution in [-0.2, 0) is 6.54 Å². The molecular weight excluding hydrogens is 337 g/mol. The van der Waals surface area contributed by atoms with Crippen LogP contribution in [0.25, 0.3) is 10.2 Å². The summed E-state index contributed by atoms with van der Waals surface area (Å²) in [5.41, 5.74) is 1.86. The first-order valence-corrected chi connectivity index (χ1v) is 9.19. The van der Waals surface area contributed by atoms with Crippen LogP contribution in [-0.4, -0.2) is 21.7 Å². The maximum atomic E-state index is 13.1. The minimum atomic E-state index is -0.250. The quantitative estimate of drug-likeness (QED) is 0.735. The van der Waals surface area contributed by atoms with Gasteiger partial charge in [-0.3, -0.25) is 9.48 Å². The molecule has 6 heteroatoms. The Kier molecular flexibility index (Phi) is 4.90. The molecule has 25 heavy (non-hydrogen) atoms. The summed E-state index contributed by atoms with van der Waals surface area (Å²) < 4.78 is 15.0. The molecule has 1 aromatic carbocycles. The fourth-order valence-corrected chi connectivity index (χ4v) is 3.60. The Morgan fingerprint density at radius 2 is 1.96 bits per heavy atom. The fraction of sp³-hybridized carbons (Fsp3) is 0.368. The van der Waals surface area contributed by atoms with Crippen LogP contribution < -0.4 is 5.32 Å². The second kappa shape index (κ2) is 6.96. The van der Waals surface area contributed by atoms with Gasteiger partial charge in [0, 0.05) is 11.4 Å². The van der Waals surface area contributed by atoms with Crippen molar-refractivity contribution in [1.29, 1.82) is 0 Å². The van der Waals surface area contributed by atoms with Crippen molar-refractivity contribution in [3.8, 4) is 0 Å². The van der Waals surface area contributed by atoms with Crippen LogP contribution in [0.4, 0.5) is 4.39 Å². The summed E-state index contributed by atoms with van der Waals surface area (Å²) >= 11 is 1.44. The number of nitrogens with one attached hydrogen (secondary N) is 1. The molecule has 2 heterocycles. The second-order valence-electron chi connectivity index (χ2n) is 6.71. The summed E-state index contributed by atoms with van der Waals surface area (Å²) in [6.45, 7) is 8.67. The van der Waals surface area contributed by atoms with Crippen molar-refractivity contribution >= 4 is 27.5 Å². The first-order chi connectivity index (χ1) is 11.8. The number of aromatic nitrogens is 2. The van der Waals surface area contributed by atoms with E-state index >= 15 is 0 Å². The number of fused-ring (bicyclic) bond motifs is 1. The maximum absolute atomic E-state index is 13.1. The van der Waals surface area contributed by atoms with Gasteiger partial charge < -0.3 is 5.32 Å². The SMILES string of the molecule is Cc1nn(Cc2ccc(F)cc2)c2sc(C(=O)N[C@@H](C)C(C)C)cc12. The number of hydrogen-bond acceptors (Lipinski definition) is 3. The molecule has 0 aliphatic heterocycles. The van der Waals surface area contributed by atoms with E-state index in [2.05, 4.69) is 24.3 Å². The third-order valence-electron chi connectivity index (χ3n) is 4.44. The highest BCUT2D eigenvalue weighted by Gasteiger charge is 2.18. The maximum Gasteiger partial charge on any atom is 0.261 e. The van der Waals surface area contributed by atoms with E-state index in [4.69, 9.17) is 0 Å². The Balaban J connectivity index is 1.87. The van der Waals surface area contributed by atoms with Crippen LogP contribution in [0.3, 0.4) is 0 Å². The summed E-state index contributed by atoms with van der Waals surface area (Å²) in [4.78, 5) is 14.1. The first-order valence-electron chi connectivity index (χ1n) is 8.37. The van der Waals surface area contributed by atoms with Crippen LogP contribution in [0, 0.1) is 18.7 Å². The molecule has 1 N–H and O–H groups in total. The number of thiophene rings is 1. The number of amides is 1. The Hall–Kier alpha value is -2.21. The lowest BCUT2D eigenvalue weighted by atomic mass is 10.1. The van der Waals surface area contributed by atoms with Crippen molar-refractivity contribution in [2.24, 2.45) is 5.92 Å². The monoisotopic (exact) mass is 359 g/mol. The van der Waals surface area contributed by atoms with Gasteiger partial charge in [-0.15, -0.1) is 11.3 Å². The van der Waals surface area contributed by atoms with Crippen molar-refractivity contribution in [2.75, 3.05) is 0 Å². The van der Waals surface area contributed by atoms with Gasteiger partial charge in [0.25, 0.3) is 5.91 Å². The topological polar surface area (TPSA) is 46.9 Å². The highest BCUT2D eigenvalue weighted by atomic mass is 32.1. The number of halogens is 1. The van der Waals surface area contributed by atoms with Gasteiger partial charge in [0.1, 0.15) is 10.6 Å². The molecule has 0 saturated heterocycles. The van der Waals surface area contributed by atoms with E-state index in [1.54, 1.807) is 12.1 Å². The summed E-state index contributed by atoms with van der Waals surface area (Å²) in [5, 5.41) is 8.59. The average Bonchev–Trinajstić information content (AvgIpc) is 3.11. The van der Waals surface area contributed by atoms with Crippen molar-refractivity contribution < 1.29 is 9.18 Å². The van der Waals surface area contributed by atoms with Gasteiger partial charge in [-0.2, -0.15) is 5.10 Å². The predicted molar refractivity (Wildman–Crippen MR) is 99.6 cm³/mol. The minimum Gasteiger partial charge on any atom is -0.349 e. The number of carbonyl (C=O) groups excluding carboxylic acids is 1. The largest absolute Gasteiger partial charge is 0.349 e. The van der Waals surface area contributed by atoms with Gasteiger partial charge in [0.05, 0.1) is 17.1 Å². The van der Waals surface area contributed by atoms with E-state index in [1.807, 2.05) is 24.6 Å². The molecule has 0 radical (unpaired) electrons. The molecule has 0 saturated carbocycles. The standard InChI is InChI=1S/C19H22FN3OS/c1-11(2)12(3)21-18(24)17-9-16-13(4)22-23(19(16)25-17)10-14-5-7-15(20)8-6-14/h5-9,11-12H,10H2,1-4H3,(H,21,24)/t12-/m0/s1. The average molecular weight is 359 g/mol. The highest BCUT2D eigenvalue weighted by Crippen LogP contribution is 2.29. The molecule has 2 aromatic heterocycles. The van der Waals surface area contributed by atoms with Gasteiger partial charge >= 0.3 is 0 Å². The Morgan fingerprint density at radius 1 is 1.28 bits per heavy atom. The van der Waals surface area contributed by atoms with Crippen LogP contribution in [0.5, 0.6) is 0 Å². The Bertz CT molecular complexity index is 895. The molecule has 0 bridgehead atoms. The van der Waals surface area contributed by atoms with Crippen molar-refractivity contribution in [3.63, 3.8) is 0 Å². The van der Waals surface area contributed by atoms with Crippen LogP contribution in [0.15, 0.2) is 30.3 Å². The molecule has 132 valence electrons. The number of benzene rings is 1. The van der Waals surface area contributed by atoms with Crippen molar-refractivity contribution in [2.45, 2.75) is 40.3 Å². The van der Waals surface area contributed by atoms with E-state index in [1.165, 1.54) is 23.5 Å². The molecule has 0 aliphatic rings. The lowest BCUT2D eigenvalue weighted by Crippen LogP contribution is -2.35. The van der Waals surface area contributed by atoms with E-state index < -0.39 is 0 Å². The zero-order chi connectivity index (χ0) is 18.1. The number of hydrogen-bond donors (Lipinski definition) is 1. The predicted octanol–water partition coefficient (Wildman–Crippen LogP) is 4.37. The fourth-order valence-electron chi connectivity index (χ4n) is 2.54. The number of carbonyl (C=O) groups is 1. The molecule has 4 nitrogen and oxygen atoms in total. The summed E-state index contributed by atoms with van der Waals surface area (Å²) in [6.07, 6.45) is 0. The van der Waals surface area contributed by atoms with Crippen molar-refractivity contribution in [1.82, 2.24) is 15.1 Å². The van der Waals surface area contributed by atoms with E-state index in [9.17, 15) is 9.18 Å². The first kappa shape index (κ1) is 17.6. The smallest absolute Gasteiger partial charge is 0.261 e. The second-order valence-corrected chi connectivity index (χ2v) is 7.74. The molecule has 0 unspecified atom stereocenters. The zero-order valence-corrected chi connectivity index (χ0v) is 15.7. The number of rotatable bonds is 5. The van der Waals surface area contributed by atoms with E-state index in [0.29, 0.717) is 17.3 Å². The van der Waals surface area contributed by atoms with Crippen LogP contribution in [0.1, 0.15) is 41.7 Å². The third kappa shape index (κ3) is 3.74. The van der Waals surface area contributed by atoms with E-state index in [-0.39, 0.29) is 17.8 Å². The molecule has 0 fully saturated rings. The van der Waals surface area contributed by atoms with Gasteiger partial charge in [-0.1, -0.05) is 26.0 Å². The van der Waals surface area contributed by atoms with Gasteiger partial charge in [0.15, 0.2) is 0 Å². The van der Waals surface area contributed by atoms with Gasteiger partial charge in [-0.05, 0) is 43.5 Å². The zero-order valence-electron chi connectivity index (χ0n) is 14.8. The molecular formula is C19H22FN3OS. The molecule has 3 rings (SSSR count). The molecule has 1 amide bonds. The number of aryl methyl sites for hydroxylation is 1. The highest BCUT2D eigenvalue weighted by molar-refractivity contribution is 7.20. The van der Waals surface area contributed by atoms with Crippen LogP contribution in [0.2, 0.25) is 0 Å². The van der Waals surface area contributed by atoms with Crippen LogP contribution >= 0.6 is 11.3 Å². The third-order valence-corrected chi connectivity index (χ3v) is 5.58. The lowest BCUT2D eigenvalue weighted by Gasteiger charge is -2.16. The summed E-state index contributed by atoms with van der Waals surface area (Å²) in [5.74, 6) is 0.0871. The number of nitrogens with zero attached hydrogens (tertiary/aromatic N) is 2. The molecule has 0 spiro atoms. The molecule has 1 atom stereocenters. The normalized spacial score (nSPS) is 12.7. The molecule has 0 aliphatic carbocycles. The summed E-state index contributed by atoms with van der Waals surface area (Å²) in [7, 11) is 0. The van der Waals surface area contributed by atoms with Gasteiger partial charge in [-0.25, -0.2) is 4.39 Å².